The molecule has 0 aliphatic heterocycles. The Bertz CT molecular complexity index is 749. The summed E-state index contributed by atoms with van der Waals surface area (Å²) < 4.78 is 7.47. The molecule has 0 saturated carbocycles. The minimum atomic E-state index is 0.0669. The van der Waals surface area contributed by atoms with Gasteiger partial charge in [0.1, 0.15) is 5.75 Å². The molecule has 20 heavy (non-hydrogen) atoms. The lowest BCUT2D eigenvalue weighted by atomic mass is 9.93. The lowest BCUT2D eigenvalue weighted by Gasteiger charge is -2.13. The molecule has 4 heteroatoms. The molecule has 0 bridgehead atoms. The third-order valence-corrected chi connectivity index (χ3v) is 4.18. The van der Waals surface area contributed by atoms with Crippen LogP contribution >= 0.6 is 11.3 Å². The quantitative estimate of drug-likeness (QED) is 0.699. The van der Waals surface area contributed by atoms with Crippen LogP contribution in [0.3, 0.4) is 0 Å². The highest BCUT2D eigenvalue weighted by atomic mass is 32.1. The van der Waals surface area contributed by atoms with Crippen molar-refractivity contribution in [3.05, 3.63) is 41.5 Å². The Morgan fingerprint density at radius 3 is 2.75 bits per heavy atom. The van der Waals surface area contributed by atoms with E-state index in [0.29, 0.717) is 0 Å². The fourth-order valence-electron chi connectivity index (χ4n) is 2.14. The fraction of sp³-hybridized carbons (Fsp3) is 0.312. The summed E-state index contributed by atoms with van der Waals surface area (Å²) in [5.41, 5.74) is 3.49. The van der Waals surface area contributed by atoms with E-state index in [0.717, 1.165) is 27.7 Å². The molecule has 0 radical (unpaired) electrons. The van der Waals surface area contributed by atoms with Crippen LogP contribution in [0.1, 0.15) is 26.5 Å². The first-order valence-electron chi connectivity index (χ1n) is 6.60. The van der Waals surface area contributed by atoms with Crippen molar-refractivity contribution >= 4 is 16.3 Å². The van der Waals surface area contributed by atoms with Crippen molar-refractivity contribution in [1.29, 1.82) is 0 Å². The maximum atomic E-state index is 5.30. The summed E-state index contributed by atoms with van der Waals surface area (Å²) >= 11 is 1.67. The zero-order chi connectivity index (χ0) is 14.3. The largest absolute Gasteiger partial charge is 0.497 e. The van der Waals surface area contributed by atoms with Crippen LogP contribution in [0.2, 0.25) is 0 Å². The average Bonchev–Trinajstić information content (AvgIpc) is 2.97. The molecule has 0 unspecified atom stereocenters. The zero-order valence-electron chi connectivity index (χ0n) is 12.2. The molecular weight excluding hydrogens is 268 g/mol. The van der Waals surface area contributed by atoms with E-state index >= 15 is 0 Å². The van der Waals surface area contributed by atoms with Crippen LogP contribution in [0, 0.1) is 0 Å². The van der Waals surface area contributed by atoms with E-state index in [1.165, 1.54) is 0 Å². The maximum Gasteiger partial charge on any atom is 0.194 e. The molecule has 0 aliphatic carbocycles. The van der Waals surface area contributed by atoms with Crippen molar-refractivity contribution in [2.24, 2.45) is 0 Å². The van der Waals surface area contributed by atoms with Crippen LogP contribution in [0.5, 0.6) is 5.75 Å². The summed E-state index contributed by atoms with van der Waals surface area (Å²) in [6.07, 6.45) is 2.14. The minimum Gasteiger partial charge on any atom is -0.497 e. The molecule has 0 N–H and O–H groups in total. The number of fused-ring (bicyclic) bond motifs is 1. The maximum absolute atomic E-state index is 5.30. The standard InChI is InChI=1S/C16H18N2OS/c1-16(2,3)14-9-18-13(10-20-15(18)17-14)11-6-5-7-12(8-11)19-4/h5-10H,1-4H3. The second-order valence-electron chi connectivity index (χ2n) is 5.88. The van der Waals surface area contributed by atoms with Crippen molar-refractivity contribution in [3.63, 3.8) is 0 Å². The summed E-state index contributed by atoms with van der Waals surface area (Å²) in [5, 5.41) is 2.14. The molecule has 1 aromatic carbocycles. The predicted octanol–water partition coefficient (Wildman–Crippen LogP) is 4.37. The monoisotopic (exact) mass is 286 g/mol. The van der Waals surface area contributed by atoms with Gasteiger partial charge in [0.25, 0.3) is 0 Å². The lowest BCUT2D eigenvalue weighted by Crippen LogP contribution is -2.11. The van der Waals surface area contributed by atoms with Crippen LogP contribution in [0.4, 0.5) is 0 Å². The van der Waals surface area contributed by atoms with E-state index in [9.17, 15) is 0 Å². The highest BCUT2D eigenvalue weighted by Gasteiger charge is 2.19. The average molecular weight is 286 g/mol. The van der Waals surface area contributed by atoms with E-state index < -0.39 is 0 Å². The van der Waals surface area contributed by atoms with E-state index in [2.05, 4.69) is 48.9 Å². The number of nitrogens with zero attached hydrogens (tertiary/aromatic N) is 2. The number of thiazole rings is 1. The summed E-state index contributed by atoms with van der Waals surface area (Å²) in [5.74, 6) is 0.873. The second-order valence-corrected chi connectivity index (χ2v) is 6.72. The lowest BCUT2D eigenvalue weighted by molar-refractivity contribution is 0.415. The highest BCUT2D eigenvalue weighted by molar-refractivity contribution is 7.15. The van der Waals surface area contributed by atoms with E-state index in [1.54, 1.807) is 18.4 Å². The van der Waals surface area contributed by atoms with Gasteiger partial charge < -0.3 is 4.74 Å². The van der Waals surface area contributed by atoms with Gasteiger partial charge >= 0.3 is 0 Å². The van der Waals surface area contributed by atoms with Gasteiger partial charge in [-0.3, -0.25) is 4.40 Å². The van der Waals surface area contributed by atoms with E-state index in [4.69, 9.17) is 9.72 Å². The Morgan fingerprint density at radius 2 is 2.05 bits per heavy atom. The van der Waals surface area contributed by atoms with Crippen molar-refractivity contribution < 1.29 is 4.74 Å². The molecule has 3 nitrogen and oxygen atoms in total. The molecular formula is C16H18N2OS. The number of imidazole rings is 1. The molecule has 0 fully saturated rings. The van der Waals surface area contributed by atoms with Crippen molar-refractivity contribution in [1.82, 2.24) is 9.38 Å². The molecule has 0 spiro atoms. The summed E-state index contributed by atoms with van der Waals surface area (Å²) in [4.78, 5) is 5.76. The number of hydrogen-bond donors (Lipinski definition) is 0. The van der Waals surface area contributed by atoms with Gasteiger partial charge in [0.05, 0.1) is 18.5 Å². The Kier molecular flexibility index (Phi) is 3.05. The first-order valence-corrected chi connectivity index (χ1v) is 7.48. The Labute approximate surface area is 122 Å². The van der Waals surface area contributed by atoms with Gasteiger partial charge in [-0.15, -0.1) is 11.3 Å². The van der Waals surface area contributed by atoms with Gasteiger partial charge in [-0.05, 0) is 12.1 Å². The van der Waals surface area contributed by atoms with Gasteiger partial charge in [-0.1, -0.05) is 32.9 Å². The van der Waals surface area contributed by atoms with Crippen LogP contribution in [-0.4, -0.2) is 16.5 Å². The summed E-state index contributed by atoms with van der Waals surface area (Å²) in [6, 6.07) is 8.12. The summed E-state index contributed by atoms with van der Waals surface area (Å²) in [7, 11) is 1.69. The number of methoxy groups -OCH3 is 1. The number of ether oxygens (including phenoxy) is 1. The SMILES string of the molecule is COc1cccc(-c2csc3nc(C(C)(C)C)cn23)c1. The van der Waals surface area contributed by atoms with Crippen LogP contribution < -0.4 is 4.74 Å². The number of hydrogen-bond acceptors (Lipinski definition) is 3. The van der Waals surface area contributed by atoms with E-state index in [-0.39, 0.29) is 5.41 Å². The van der Waals surface area contributed by atoms with Crippen molar-refractivity contribution in [2.75, 3.05) is 7.11 Å². The smallest absolute Gasteiger partial charge is 0.194 e. The van der Waals surface area contributed by atoms with Gasteiger partial charge in [0.2, 0.25) is 0 Å². The fourth-order valence-corrected chi connectivity index (χ4v) is 3.02. The molecule has 104 valence electrons. The Morgan fingerprint density at radius 1 is 1.25 bits per heavy atom. The zero-order valence-corrected chi connectivity index (χ0v) is 13.0. The molecule has 2 aromatic heterocycles. The van der Waals surface area contributed by atoms with Gasteiger partial charge in [-0.25, -0.2) is 4.98 Å². The van der Waals surface area contributed by atoms with Crippen LogP contribution in [-0.2, 0) is 5.41 Å². The van der Waals surface area contributed by atoms with Gasteiger partial charge in [-0.2, -0.15) is 0 Å². The van der Waals surface area contributed by atoms with Crippen LogP contribution in [0.15, 0.2) is 35.8 Å². The number of aromatic nitrogens is 2. The van der Waals surface area contributed by atoms with Crippen molar-refractivity contribution in [3.8, 4) is 17.0 Å². The predicted molar refractivity (Wildman–Crippen MR) is 83.8 cm³/mol. The second kappa shape index (κ2) is 4.63. The molecule has 3 rings (SSSR count). The normalized spacial score (nSPS) is 12.0. The Hall–Kier alpha value is -1.81. The molecule has 0 saturated heterocycles. The molecule has 3 aromatic rings. The molecule has 0 aliphatic rings. The first-order chi connectivity index (χ1) is 9.49. The third-order valence-electron chi connectivity index (χ3n) is 3.34. The molecule has 0 amide bonds. The van der Waals surface area contributed by atoms with Crippen molar-refractivity contribution in [2.45, 2.75) is 26.2 Å². The number of rotatable bonds is 2. The highest BCUT2D eigenvalue weighted by Crippen LogP contribution is 2.31. The molecule has 2 heterocycles. The third kappa shape index (κ3) is 2.20. The van der Waals surface area contributed by atoms with Gasteiger partial charge in [0.15, 0.2) is 4.96 Å². The topological polar surface area (TPSA) is 26.5 Å². The summed E-state index contributed by atoms with van der Waals surface area (Å²) in [6.45, 7) is 6.56. The first kappa shape index (κ1) is 13.2. The number of benzene rings is 1. The van der Waals surface area contributed by atoms with E-state index in [1.807, 2.05) is 12.1 Å². The van der Waals surface area contributed by atoms with Gasteiger partial charge in [0, 0.05) is 22.6 Å². The molecule has 0 atom stereocenters. The minimum absolute atomic E-state index is 0.0669. The Balaban J connectivity index is 2.14. The van der Waals surface area contributed by atoms with Crippen LogP contribution in [0.25, 0.3) is 16.2 Å².